The Bertz CT molecular complexity index is 2150. The van der Waals surface area contributed by atoms with Gasteiger partial charge in [-0.15, -0.1) is 11.8 Å². The van der Waals surface area contributed by atoms with Crippen molar-refractivity contribution in [3.63, 3.8) is 0 Å². The molecule has 10 nitrogen and oxygen atoms in total. The number of amides is 3. The maximum atomic E-state index is 13.6. The Balaban J connectivity index is 1.11. The van der Waals surface area contributed by atoms with Gasteiger partial charge >= 0.3 is 0 Å². The van der Waals surface area contributed by atoms with Gasteiger partial charge in [-0.2, -0.15) is 0 Å². The lowest BCUT2D eigenvalue weighted by molar-refractivity contribution is -0.114. The van der Waals surface area contributed by atoms with Crippen LogP contribution in [0, 0.1) is 0 Å². The molecule has 0 saturated heterocycles. The monoisotopic (exact) mass is 684 g/mol. The molecule has 11 heteroatoms. The number of fused-ring (bicyclic) bond motifs is 1. The van der Waals surface area contributed by atoms with Gasteiger partial charge in [-0.1, -0.05) is 48.5 Å². The van der Waals surface area contributed by atoms with Gasteiger partial charge in [0.05, 0.1) is 20.0 Å². The largest absolute Gasteiger partial charge is 0.493 e. The van der Waals surface area contributed by atoms with E-state index in [9.17, 15) is 14.4 Å². The molecule has 1 aromatic heterocycles. The molecule has 6 aromatic rings. The quantitative estimate of drug-likeness (QED) is 0.0885. The van der Waals surface area contributed by atoms with Crippen molar-refractivity contribution in [2.75, 3.05) is 30.6 Å². The Labute approximate surface area is 292 Å². The molecule has 0 aliphatic rings. The lowest BCUT2D eigenvalue weighted by Crippen LogP contribution is -2.30. The summed E-state index contributed by atoms with van der Waals surface area (Å²) in [5, 5.41) is 8.50. The number of para-hydroxylation sites is 3. The van der Waals surface area contributed by atoms with E-state index in [0.717, 1.165) is 16.0 Å². The molecule has 3 N–H and O–H groups in total. The number of hydrogen-bond acceptors (Lipinski definition) is 8. The van der Waals surface area contributed by atoms with E-state index in [-0.39, 0.29) is 17.4 Å². The van der Waals surface area contributed by atoms with Crippen molar-refractivity contribution in [1.29, 1.82) is 0 Å². The molecular weight excluding hydrogens is 653 g/mol. The van der Waals surface area contributed by atoms with Crippen LogP contribution in [0.25, 0.3) is 28.6 Å². The number of hydrogen-bond donors (Lipinski definition) is 3. The van der Waals surface area contributed by atoms with Crippen LogP contribution in [0.5, 0.6) is 11.5 Å². The third-order valence-corrected chi connectivity index (χ3v) is 8.43. The predicted molar refractivity (Wildman–Crippen MR) is 195 cm³/mol. The number of aromatic nitrogens is 1. The van der Waals surface area contributed by atoms with Crippen molar-refractivity contribution in [3.8, 4) is 23.0 Å². The Hall–Kier alpha value is -6.33. The molecule has 0 aliphatic carbocycles. The smallest absolute Gasteiger partial charge is 0.272 e. The number of rotatable bonds is 12. The van der Waals surface area contributed by atoms with Gasteiger partial charge in [-0.05, 0) is 78.9 Å². The SMILES string of the molecule is COc1cccc(/C=C(/NC(=O)c2ccccc2)C(=O)Nc2cccc(SCC(=O)Nc3ccc(-c4nc5ccccc5o4)cc3)c2)c1OC. The molecule has 0 bridgehead atoms. The molecule has 6 rings (SSSR count). The van der Waals surface area contributed by atoms with Crippen LogP contribution in [0.1, 0.15) is 15.9 Å². The van der Waals surface area contributed by atoms with Crippen molar-refractivity contribution >= 4 is 58.0 Å². The molecule has 0 aliphatic heterocycles. The molecular formula is C39H32N4O6S. The molecule has 0 unspecified atom stereocenters. The average molecular weight is 685 g/mol. The third kappa shape index (κ3) is 8.20. The minimum atomic E-state index is -0.555. The van der Waals surface area contributed by atoms with Crippen molar-refractivity contribution in [3.05, 3.63) is 138 Å². The van der Waals surface area contributed by atoms with E-state index in [1.165, 1.54) is 32.1 Å². The molecule has 0 fully saturated rings. The summed E-state index contributed by atoms with van der Waals surface area (Å²) >= 11 is 1.32. The Morgan fingerprint density at radius 2 is 1.54 bits per heavy atom. The van der Waals surface area contributed by atoms with Gasteiger partial charge in [-0.25, -0.2) is 4.98 Å². The van der Waals surface area contributed by atoms with Crippen molar-refractivity contribution in [2.24, 2.45) is 0 Å². The van der Waals surface area contributed by atoms with Crippen LogP contribution in [-0.2, 0) is 9.59 Å². The van der Waals surface area contributed by atoms with Crippen molar-refractivity contribution in [1.82, 2.24) is 10.3 Å². The molecule has 0 radical (unpaired) electrons. The summed E-state index contributed by atoms with van der Waals surface area (Å²) in [6, 6.07) is 35.8. The number of anilines is 2. The zero-order valence-electron chi connectivity index (χ0n) is 27.1. The summed E-state index contributed by atoms with van der Waals surface area (Å²) in [4.78, 5) is 44.8. The highest BCUT2D eigenvalue weighted by Gasteiger charge is 2.18. The van der Waals surface area contributed by atoms with Crippen LogP contribution in [-0.4, -0.2) is 42.7 Å². The summed E-state index contributed by atoms with van der Waals surface area (Å²) in [5.41, 5.74) is 4.31. The summed E-state index contributed by atoms with van der Waals surface area (Å²) in [5.74, 6) is 0.322. The molecule has 3 amide bonds. The maximum absolute atomic E-state index is 13.6. The van der Waals surface area contributed by atoms with Crippen LogP contribution in [0.3, 0.4) is 0 Å². The highest BCUT2D eigenvalue weighted by atomic mass is 32.2. The van der Waals surface area contributed by atoms with Crippen molar-refractivity contribution < 1.29 is 28.3 Å². The second-order valence-electron chi connectivity index (χ2n) is 10.8. The lowest BCUT2D eigenvalue weighted by atomic mass is 10.1. The average Bonchev–Trinajstić information content (AvgIpc) is 3.59. The first-order valence-corrected chi connectivity index (χ1v) is 16.5. The van der Waals surface area contributed by atoms with E-state index in [1.54, 1.807) is 78.9 Å². The number of benzene rings is 5. The molecule has 50 heavy (non-hydrogen) atoms. The summed E-state index contributed by atoms with van der Waals surface area (Å²) in [6.45, 7) is 0. The molecule has 0 saturated carbocycles. The Morgan fingerprint density at radius 3 is 2.30 bits per heavy atom. The van der Waals surface area contributed by atoms with E-state index in [1.807, 2.05) is 42.5 Å². The normalized spacial score (nSPS) is 11.1. The van der Waals surface area contributed by atoms with Gasteiger partial charge in [-0.3, -0.25) is 14.4 Å². The fourth-order valence-corrected chi connectivity index (χ4v) is 5.78. The number of methoxy groups -OCH3 is 2. The van der Waals surface area contributed by atoms with E-state index < -0.39 is 11.8 Å². The third-order valence-electron chi connectivity index (χ3n) is 7.43. The predicted octanol–water partition coefficient (Wildman–Crippen LogP) is 7.65. The zero-order chi connectivity index (χ0) is 34.9. The second-order valence-corrected chi connectivity index (χ2v) is 11.9. The summed E-state index contributed by atoms with van der Waals surface area (Å²) in [7, 11) is 3.02. The number of oxazole rings is 1. The summed E-state index contributed by atoms with van der Waals surface area (Å²) < 4.78 is 16.8. The highest BCUT2D eigenvalue weighted by Crippen LogP contribution is 2.32. The zero-order valence-corrected chi connectivity index (χ0v) is 28.0. The lowest BCUT2D eigenvalue weighted by Gasteiger charge is -2.14. The first-order valence-electron chi connectivity index (χ1n) is 15.5. The second kappa shape index (κ2) is 15.7. The number of carbonyl (C=O) groups is 3. The number of carbonyl (C=O) groups excluding carboxylic acids is 3. The van der Waals surface area contributed by atoms with Crippen LogP contribution in [0.15, 0.2) is 136 Å². The van der Waals surface area contributed by atoms with Crippen LogP contribution in [0.2, 0.25) is 0 Å². The van der Waals surface area contributed by atoms with Crippen LogP contribution >= 0.6 is 11.8 Å². The van der Waals surface area contributed by atoms with Crippen LogP contribution in [0.4, 0.5) is 11.4 Å². The van der Waals surface area contributed by atoms with E-state index >= 15 is 0 Å². The van der Waals surface area contributed by atoms with Crippen molar-refractivity contribution in [2.45, 2.75) is 4.90 Å². The standard InChI is InChI=1S/C39H32N4O6S/c1-47-34-17-8-12-27(36(34)48-2)22-32(42-37(45)25-10-4-3-5-11-25)38(46)41-29-13-9-14-30(23-29)50-24-35(44)40-28-20-18-26(19-21-28)39-43-31-15-6-7-16-33(31)49-39/h3-23H,24H2,1-2H3,(H,40,44)(H,41,46)(H,42,45)/b32-22+. The van der Waals surface area contributed by atoms with E-state index in [0.29, 0.717) is 45.5 Å². The fraction of sp³-hybridized carbons (Fsp3) is 0.0769. The molecule has 0 spiro atoms. The molecule has 5 aromatic carbocycles. The molecule has 250 valence electrons. The van der Waals surface area contributed by atoms with E-state index in [2.05, 4.69) is 20.9 Å². The minimum absolute atomic E-state index is 0.00929. The van der Waals surface area contributed by atoms with Gasteiger partial charge in [0.15, 0.2) is 17.1 Å². The minimum Gasteiger partial charge on any atom is -0.493 e. The topological polar surface area (TPSA) is 132 Å². The van der Waals surface area contributed by atoms with Gasteiger partial charge in [0, 0.05) is 33.0 Å². The number of nitrogens with one attached hydrogen (secondary N) is 3. The first-order chi connectivity index (χ1) is 24.4. The van der Waals surface area contributed by atoms with Crippen LogP contribution < -0.4 is 25.4 Å². The number of ether oxygens (including phenoxy) is 2. The first kappa shape index (κ1) is 33.6. The van der Waals surface area contributed by atoms with E-state index in [4.69, 9.17) is 13.9 Å². The number of nitrogens with zero attached hydrogens (tertiary/aromatic N) is 1. The maximum Gasteiger partial charge on any atom is 0.272 e. The molecule has 0 atom stereocenters. The van der Waals surface area contributed by atoms with Gasteiger partial charge in [0.1, 0.15) is 11.2 Å². The fourth-order valence-electron chi connectivity index (χ4n) is 5.02. The van der Waals surface area contributed by atoms with Gasteiger partial charge < -0.3 is 29.8 Å². The number of thioether (sulfide) groups is 1. The Morgan fingerprint density at radius 1 is 0.780 bits per heavy atom. The summed E-state index contributed by atoms with van der Waals surface area (Å²) in [6.07, 6.45) is 1.53. The highest BCUT2D eigenvalue weighted by molar-refractivity contribution is 8.00. The molecule has 1 heterocycles. The Kier molecular flexibility index (Phi) is 10.5. The van der Waals surface area contributed by atoms with Gasteiger partial charge in [0.2, 0.25) is 11.8 Å². The van der Waals surface area contributed by atoms with Gasteiger partial charge in [0.25, 0.3) is 11.8 Å².